The van der Waals surface area contributed by atoms with Gasteiger partial charge in [0.15, 0.2) is 0 Å². The summed E-state index contributed by atoms with van der Waals surface area (Å²) in [6.07, 6.45) is 1.28. The Morgan fingerprint density at radius 3 is 3.11 bits per heavy atom. The second kappa shape index (κ2) is 5.46. The molecule has 1 aromatic carbocycles. The van der Waals surface area contributed by atoms with Crippen molar-refractivity contribution in [2.24, 2.45) is 0 Å². The molecule has 0 aliphatic carbocycles. The van der Waals surface area contributed by atoms with E-state index in [0.29, 0.717) is 4.77 Å². The van der Waals surface area contributed by atoms with Gasteiger partial charge in [0.25, 0.3) is 0 Å². The first-order valence-electron chi connectivity index (χ1n) is 5.68. The third kappa shape index (κ3) is 2.48. The number of nitrogens with zero attached hydrogens (tertiary/aromatic N) is 3. The lowest BCUT2D eigenvalue weighted by Crippen LogP contribution is -2.00. The van der Waals surface area contributed by atoms with Gasteiger partial charge < -0.3 is 0 Å². The molecule has 3 rings (SSSR count). The van der Waals surface area contributed by atoms with E-state index in [-0.39, 0.29) is 0 Å². The van der Waals surface area contributed by atoms with Gasteiger partial charge in [-0.3, -0.25) is 0 Å². The first-order valence-corrected chi connectivity index (χ1v) is 8.23. The first kappa shape index (κ1) is 12.3. The number of aromatic nitrogens is 4. The van der Waals surface area contributed by atoms with Crippen molar-refractivity contribution >= 4 is 35.7 Å². The van der Waals surface area contributed by atoms with Crippen LogP contribution in [0.25, 0.3) is 5.69 Å². The number of nitrogens with one attached hydrogen (secondary N) is 1. The van der Waals surface area contributed by atoms with Crippen LogP contribution in [0.4, 0.5) is 0 Å². The van der Waals surface area contributed by atoms with Crippen LogP contribution in [0.5, 0.6) is 0 Å². The second-order valence-corrected chi connectivity index (χ2v) is 6.57. The van der Waals surface area contributed by atoms with Gasteiger partial charge in [-0.25, -0.2) is 4.68 Å². The average Bonchev–Trinajstić information content (AvgIpc) is 2.76. The Morgan fingerprint density at radius 1 is 1.33 bits per heavy atom. The third-order valence-electron chi connectivity index (χ3n) is 2.72. The number of hydrogen-bond acceptors (Lipinski definition) is 5. The van der Waals surface area contributed by atoms with E-state index in [4.69, 9.17) is 12.2 Å². The number of aromatic amines is 1. The zero-order chi connectivity index (χ0) is 12.4. The van der Waals surface area contributed by atoms with Crippen LogP contribution >= 0.6 is 35.7 Å². The van der Waals surface area contributed by atoms with E-state index in [9.17, 15) is 0 Å². The molecule has 94 valence electrons. The molecule has 1 N–H and O–H groups in total. The lowest BCUT2D eigenvalue weighted by atomic mass is 10.2. The maximum absolute atomic E-state index is 5.12. The van der Waals surface area contributed by atoms with Gasteiger partial charge in [-0.15, -0.1) is 11.8 Å². The summed E-state index contributed by atoms with van der Waals surface area (Å²) in [7, 11) is 0. The lowest BCUT2D eigenvalue weighted by molar-refractivity contribution is 0.784. The average molecular weight is 296 g/mol. The zero-order valence-corrected chi connectivity index (χ0v) is 12.1. The molecule has 0 fully saturated rings. The molecule has 0 spiro atoms. The number of tetrazole rings is 1. The highest BCUT2D eigenvalue weighted by Gasteiger charge is 2.09. The predicted octanol–water partition coefficient (Wildman–Crippen LogP) is 3.05. The largest absolute Gasteiger partial charge is 0.242 e. The monoisotopic (exact) mass is 296 g/mol. The molecule has 1 aliphatic rings. The summed E-state index contributed by atoms with van der Waals surface area (Å²) in [6, 6.07) is 6.41. The highest BCUT2D eigenvalue weighted by Crippen LogP contribution is 2.31. The molecule has 2 aromatic rings. The normalized spacial score (nSPS) is 15.8. The summed E-state index contributed by atoms with van der Waals surface area (Å²) in [5.41, 5.74) is 2.38. The molecule has 1 aromatic heterocycles. The van der Waals surface area contributed by atoms with E-state index >= 15 is 0 Å². The first-order chi connectivity index (χ1) is 8.84. The quantitative estimate of drug-likeness (QED) is 0.820. The number of benzene rings is 1. The van der Waals surface area contributed by atoms with Crippen LogP contribution in [0.2, 0.25) is 0 Å². The molecular formula is C11H12N4S3. The minimum absolute atomic E-state index is 0.459. The molecule has 0 saturated carbocycles. The Hall–Kier alpha value is -0.790. The van der Waals surface area contributed by atoms with Crippen LogP contribution in [0, 0.1) is 4.77 Å². The minimum atomic E-state index is 0.459. The topological polar surface area (TPSA) is 46.5 Å². The molecule has 0 radical (unpaired) electrons. The van der Waals surface area contributed by atoms with Crippen molar-refractivity contribution in [3.8, 4) is 5.69 Å². The van der Waals surface area contributed by atoms with Gasteiger partial charge in [0.1, 0.15) is 0 Å². The molecule has 4 nitrogen and oxygen atoms in total. The molecule has 0 unspecified atom stereocenters. The number of H-pyrrole nitrogens is 1. The highest BCUT2D eigenvalue weighted by molar-refractivity contribution is 8.00. The number of thioether (sulfide) groups is 2. The van der Waals surface area contributed by atoms with E-state index in [0.717, 1.165) is 11.4 Å². The summed E-state index contributed by atoms with van der Waals surface area (Å²) in [5, 5.41) is 10.3. The molecule has 0 atom stereocenters. The summed E-state index contributed by atoms with van der Waals surface area (Å²) >= 11 is 9.05. The number of fused-ring (bicyclic) bond motifs is 1. The Balaban J connectivity index is 2.01. The Kier molecular flexibility index (Phi) is 3.72. The maximum atomic E-state index is 5.12. The SMILES string of the molecule is S=c1nn[nH]n1-c1ccc2c(c1)CSCCCS2. The van der Waals surface area contributed by atoms with Crippen LogP contribution in [0.3, 0.4) is 0 Å². The summed E-state index contributed by atoms with van der Waals surface area (Å²) in [4.78, 5) is 1.38. The molecular weight excluding hydrogens is 284 g/mol. The molecule has 1 aliphatic heterocycles. The van der Waals surface area contributed by atoms with Gasteiger partial charge in [-0.1, -0.05) is 10.3 Å². The Labute approximate surface area is 119 Å². The standard InChI is InChI=1S/C11H12N4S3/c16-11-12-13-14-15(11)9-2-3-10-8(6-9)7-17-4-1-5-18-10/h2-3,6H,1,4-5,7H2,(H,12,14,16). The lowest BCUT2D eigenvalue weighted by Gasteiger charge is -2.14. The fourth-order valence-electron chi connectivity index (χ4n) is 1.85. The van der Waals surface area contributed by atoms with Gasteiger partial charge in [-0.05, 0) is 53.9 Å². The van der Waals surface area contributed by atoms with Crippen molar-refractivity contribution < 1.29 is 0 Å². The van der Waals surface area contributed by atoms with Crippen molar-refractivity contribution in [2.75, 3.05) is 11.5 Å². The third-order valence-corrected chi connectivity index (χ3v) is 5.28. The molecule has 0 bridgehead atoms. The van der Waals surface area contributed by atoms with Crippen molar-refractivity contribution in [1.29, 1.82) is 0 Å². The second-order valence-electron chi connectivity index (χ2n) is 3.96. The fourth-order valence-corrected chi connectivity index (χ4v) is 4.25. The van der Waals surface area contributed by atoms with Gasteiger partial charge >= 0.3 is 0 Å². The van der Waals surface area contributed by atoms with Crippen LogP contribution in [-0.4, -0.2) is 31.7 Å². The molecule has 0 amide bonds. The van der Waals surface area contributed by atoms with Crippen LogP contribution in [0.1, 0.15) is 12.0 Å². The van der Waals surface area contributed by atoms with E-state index in [1.54, 1.807) is 4.68 Å². The molecule has 18 heavy (non-hydrogen) atoms. The summed E-state index contributed by atoms with van der Waals surface area (Å²) < 4.78 is 2.19. The van der Waals surface area contributed by atoms with Crippen LogP contribution in [0.15, 0.2) is 23.1 Å². The Morgan fingerprint density at radius 2 is 2.28 bits per heavy atom. The number of hydrogen-bond donors (Lipinski definition) is 1. The zero-order valence-electron chi connectivity index (χ0n) is 9.63. The van der Waals surface area contributed by atoms with Crippen LogP contribution in [-0.2, 0) is 5.75 Å². The number of rotatable bonds is 1. The van der Waals surface area contributed by atoms with E-state index in [1.807, 2.05) is 23.5 Å². The van der Waals surface area contributed by atoms with Crippen molar-refractivity contribution in [1.82, 2.24) is 20.2 Å². The fraction of sp³-hybridized carbons (Fsp3) is 0.364. The molecule has 2 heterocycles. The van der Waals surface area contributed by atoms with Crippen molar-refractivity contribution in [3.63, 3.8) is 0 Å². The predicted molar refractivity (Wildman–Crippen MR) is 78.0 cm³/mol. The van der Waals surface area contributed by atoms with Gasteiger partial charge in [0, 0.05) is 10.6 Å². The molecule has 7 heteroatoms. The van der Waals surface area contributed by atoms with Gasteiger partial charge in [0.05, 0.1) is 5.69 Å². The van der Waals surface area contributed by atoms with Crippen molar-refractivity contribution in [3.05, 3.63) is 28.5 Å². The molecule has 0 saturated heterocycles. The summed E-state index contributed by atoms with van der Waals surface area (Å²) in [5.74, 6) is 3.50. The smallest absolute Gasteiger partial charge is 0.210 e. The maximum Gasteiger partial charge on any atom is 0.242 e. The van der Waals surface area contributed by atoms with E-state index < -0.39 is 0 Å². The minimum Gasteiger partial charge on any atom is -0.210 e. The summed E-state index contributed by atoms with van der Waals surface area (Å²) in [6.45, 7) is 0. The highest BCUT2D eigenvalue weighted by atomic mass is 32.2. The van der Waals surface area contributed by atoms with Gasteiger partial charge in [0.2, 0.25) is 4.77 Å². The Bertz CT molecular complexity index is 604. The van der Waals surface area contributed by atoms with E-state index in [1.165, 1.54) is 28.4 Å². The van der Waals surface area contributed by atoms with E-state index in [2.05, 4.69) is 33.7 Å². The van der Waals surface area contributed by atoms with Crippen LogP contribution < -0.4 is 0 Å². The van der Waals surface area contributed by atoms with Gasteiger partial charge in [-0.2, -0.15) is 17.0 Å². The van der Waals surface area contributed by atoms with Crippen molar-refractivity contribution in [2.45, 2.75) is 17.1 Å².